The molecule has 3 rings (SSSR count). The topological polar surface area (TPSA) is 56.7 Å². The SMILES string of the molecule is COc1ccnc(N(CC2CCCO2)CC2CCCO2)n1. The summed E-state index contributed by atoms with van der Waals surface area (Å²) in [6.45, 7) is 3.34. The Kier molecular flexibility index (Phi) is 4.87. The van der Waals surface area contributed by atoms with Crippen molar-refractivity contribution in [1.82, 2.24) is 9.97 Å². The second-order valence-corrected chi connectivity index (χ2v) is 5.57. The molecule has 2 saturated heterocycles. The second-order valence-electron chi connectivity index (χ2n) is 5.57. The number of nitrogens with zero attached hydrogens (tertiary/aromatic N) is 3. The van der Waals surface area contributed by atoms with Crippen LogP contribution in [0.1, 0.15) is 25.7 Å². The van der Waals surface area contributed by atoms with Crippen LogP contribution < -0.4 is 9.64 Å². The van der Waals surface area contributed by atoms with Crippen LogP contribution in [0.15, 0.2) is 12.3 Å². The van der Waals surface area contributed by atoms with Gasteiger partial charge in [0, 0.05) is 38.6 Å². The molecule has 0 aliphatic carbocycles. The number of rotatable bonds is 6. The van der Waals surface area contributed by atoms with Gasteiger partial charge < -0.3 is 19.1 Å². The average molecular weight is 293 g/mol. The number of methoxy groups -OCH3 is 1. The second kappa shape index (κ2) is 7.04. The third-order valence-electron chi connectivity index (χ3n) is 4.01. The molecule has 0 N–H and O–H groups in total. The van der Waals surface area contributed by atoms with Crippen LogP contribution in [0.4, 0.5) is 5.95 Å². The lowest BCUT2D eigenvalue weighted by molar-refractivity contribution is 0.0993. The molecule has 6 nitrogen and oxygen atoms in total. The van der Waals surface area contributed by atoms with Gasteiger partial charge in [0.15, 0.2) is 0 Å². The van der Waals surface area contributed by atoms with Crippen molar-refractivity contribution >= 4 is 5.95 Å². The molecule has 0 radical (unpaired) electrons. The predicted molar refractivity (Wildman–Crippen MR) is 78.7 cm³/mol. The lowest BCUT2D eigenvalue weighted by Gasteiger charge is -2.27. The maximum absolute atomic E-state index is 5.76. The van der Waals surface area contributed by atoms with Crippen molar-refractivity contribution in [2.45, 2.75) is 37.9 Å². The normalized spacial score (nSPS) is 25.2. The first-order chi connectivity index (χ1) is 10.3. The fourth-order valence-electron chi connectivity index (χ4n) is 2.90. The molecule has 2 fully saturated rings. The van der Waals surface area contributed by atoms with E-state index in [4.69, 9.17) is 14.2 Å². The molecule has 0 aromatic carbocycles. The predicted octanol–water partition coefficient (Wildman–Crippen LogP) is 1.65. The number of hydrogen-bond acceptors (Lipinski definition) is 6. The number of hydrogen-bond donors (Lipinski definition) is 0. The minimum atomic E-state index is 0.265. The van der Waals surface area contributed by atoms with Gasteiger partial charge in [0.2, 0.25) is 11.8 Å². The van der Waals surface area contributed by atoms with Gasteiger partial charge in [-0.3, -0.25) is 0 Å². The summed E-state index contributed by atoms with van der Waals surface area (Å²) in [5.41, 5.74) is 0. The summed E-state index contributed by atoms with van der Waals surface area (Å²) in [7, 11) is 1.62. The van der Waals surface area contributed by atoms with Crippen molar-refractivity contribution in [3.8, 4) is 5.88 Å². The highest BCUT2D eigenvalue weighted by molar-refractivity contribution is 5.32. The first-order valence-electron chi connectivity index (χ1n) is 7.70. The highest BCUT2D eigenvalue weighted by Crippen LogP contribution is 2.21. The molecule has 2 unspecified atom stereocenters. The Bertz CT molecular complexity index is 428. The van der Waals surface area contributed by atoms with Crippen molar-refractivity contribution in [2.75, 3.05) is 38.3 Å². The highest BCUT2D eigenvalue weighted by Gasteiger charge is 2.25. The molecular formula is C15H23N3O3. The summed E-state index contributed by atoms with van der Waals surface area (Å²) in [4.78, 5) is 11.0. The van der Waals surface area contributed by atoms with Crippen molar-refractivity contribution in [3.63, 3.8) is 0 Å². The van der Waals surface area contributed by atoms with Crippen molar-refractivity contribution in [3.05, 3.63) is 12.3 Å². The molecule has 6 heteroatoms. The third-order valence-corrected chi connectivity index (χ3v) is 4.01. The first kappa shape index (κ1) is 14.5. The largest absolute Gasteiger partial charge is 0.481 e. The van der Waals surface area contributed by atoms with E-state index in [-0.39, 0.29) is 12.2 Å². The molecule has 2 aliphatic heterocycles. The minimum absolute atomic E-state index is 0.265. The van der Waals surface area contributed by atoms with Gasteiger partial charge in [-0.1, -0.05) is 0 Å². The average Bonchev–Trinajstić information content (AvgIpc) is 3.20. The van der Waals surface area contributed by atoms with Crippen LogP contribution in [-0.4, -0.2) is 55.6 Å². The zero-order chi connectivity index (χ0) is 14.5. The fourth-order valence-corrected chi connectivity index (χ4v) is 2.90. The van der Waals surface area contributed by atoms with Crippen LogP contribution in [-0.2, 0) is 9.47 Å². The van der Waals surface area contributed by atoms with E-state index in [1.165, 1.54) is 0 Å². The van der Waals surface area contributed by atoms with E-state index in [2.05, 4.69) is 14.9 Å². The number of ether oxygens (including phenoxy) is 3. The lowest BCUT2D eigenvalue weighted by Crippen LogP contribution is -2.39. The monoisotopic (exact) mass is 293 g/mol. The summed E-state index contributed by atoms with van der Waals surface area (Å²) < 4.78 is 16.7. The highest BCUT2D eigenvalue weighted by atomic mass is 16.5. The van der Waals surface area contributed by atoms with Crippen LogP contribution in [0.2, 0.25) is 0 Å². The molecule has 0 bridgehead atoms. The molecule has 1 aromatic heterocycles. The molecule has 0 spiro atoms. The molecule has 116 valence electrons. The zero-order valence-electron chi connectivity index (χ0n) is 12.5. The van der Waals surface area contributed by atoms with Gasteiger partial charge in [-0.05, 0) is 25.7 Å². The van der Waals surface area contributed by atoms with Gasteiger partial charge in [-0.15, -0.1) is 0 Å². The van der Waals surface area contributed by atoms with Crippen molar-refractivity contribution in [2.24, 2.45) is 0 Å². The van der Waals surface area contributed by atoms with Crippen LogP contribution >= 0.6 is 0 Å². The van der Waals surface area contributed by atoms with Gasteiger partial charge >= 0.3 is 0 Å². The van der Waals surface area contributed by atoms with E-state index in [0.717, 1.165) is 52.0 Å². The van der Waals surface area contributed by atoms with Gasteiger partial charge in [0.05, 0.1) is 19.3 Å². The van der Waals surface area contributed by atoms with E-state index >= 15 is 0 Å². The van der Waals surface area contributed by atoms with E-state index in [1.807, 2.05) is 0 Å². The minimum Gasteiger partial charge on any atom is -0.481 e. The fraction of sp³-hybridized carbons (Fsp3) is 0.733. The Balaban J connectivity index is 1.72. The van der Waals surface area contributed by atoms with Gasteiger partial charge in [-0.25, -0.2) is 4.98 Å². The summed E-state index contributed by atoms with van der Waals surface area (Å²) in [5, 5.41) is 0. The Morgan fingerprint density at radius 3 is 2.38 bits per heavy atom. The molecular weight excluding hydrogens is 270 g/mol. The zero-order valence-corrected chi connectivity index (χ0v) is 12.5. The summed E-state index contributed by atoms with van der Waals surface area (Å²) >= 11 is 0. The Labute approximate surface area is 125 Å². The number of aromatic nitrogens is 2. The molecule has 2 atom stereocenters. The lowest BCUT2D eigenvalue weighted by atomic mass is 10.2. The maximum atomic E-state index is 5.76. The Morgan fingerprint density at radius 2 is 1.86 bits per heavy atom. The van der Waals surface area contributed by atoms with Crippen molar-refractivity contribution < 1.29 is 14.2 Å². The standard InChI is InChI=1S/C15H23N3O3/c1-19-14-6-7-16-15(17-14)18(10-12-4-2-8-20-12)11-13-5-3-9-21-13/h6-7,12-13H,2-5,8-11H2,1H3. The third kappa shape index (κ3) is 3.83. The maximum Gasteiger partial charge on any atom is 0.228 e. The van der Waals surface area contributed by atoms with Gasteiger partial charge in [0.25, 0.3) is 0 Å². The van der Waals surface area contributed by atoms with Crippen LogP contribution in [0, 0.1) is 0 Å². The molecule has 21 heavy (non-hydrogen) atoms. The van der Waals surface area contributed by atoms with E-state index in [9.17, 15) is 0 Å². The Morgan fingerprint density at radius 1 is 1.19 bits per heavy atom. The molecule has 0 amide bonds. The van der Waals surface area contributed by atoms with Crippen LogP contribution in [0.5, 0.6) is 5.88 Å². The Hall–Kier alpha value is -1.40. The quantitative estimate of drug-likeness (QED) is 0.795. The summed E-state index contributed by atoms with van der Waals surface area (Å²) in [5.74, 6) is 1.28. The van der Waals surface area contributed by atoms with Gasteiger partial charge in [0.1, 0.15) is 0 Å². The van der Waals surface area contributed by atoms with Crippen LogP contribution in [0.25, 0.3) is 0 Å². The van der Waals surface area contributed by atoms with E-state index < -0.39 is 0 Å². The van der Waals surface area contributed by atoms with Gasteiger partial charge in [-0.2, -0.15) is 4.98 Å². The number of anilines is 1. The molecule has 3 heterocycles. The molecule has 1 aromatic rings. The van der Waals surface area contributed by atoms with E-state index in [1.54, 1.807) is 19.4 Å². The smallest absolute Gasteiger partial charge is 0.228 e. The van der Waals surface area contributed by atoms with Crippen LogP contribution in [0.3, 0.4) is 0 Å². The summed E-state index contributed by atoms with van der Waals surface area (Å²) in [6.07, 6.45) is 6.74. The first-order valence-corrected chi connectivity index (χ1v) is 7.70. The molecule has 2 aliphatic rings. The van der Waals surface area contributed by atoms with E-state index in [0.29, 0.717) is 11.8 Å². The summed E-state index contributed by atoms with van der Waals surface area (Å²) in [6, 6.07) is 1.76. The van der Waals surface area contributed by atoms with Crippen molar-refractivity contribution in [1.29, 1.82) is 0 Å². The molecule has 0 saturated carbocycles.